The molecule has 2 saturated heterocycles. The Morgan fingerprint density at radius 1 is 1.25 bits per heavy atom. The summed E-state index contributed by atoms with van der Waals surface area (Å²) in [7, 11) is 0. The molecule has 4 rings (SSSR count). The number of nitrogens with zero attached hydrogens (tertiary/aromatic N) is 1. The van der Waals surface area contributed by atoms with E-state index >= 15 is 0 Å². The van der Waals surface area contributed by atoms with E-state index in [2.05, 4.69) is 15.5 Å². The zero-order valence-corrected chi connectivity index (χ0v) is 13.6. The van der Waals surface area contributed by atoms with Crippen LogP contribution in [0.15, 0.2) is 18.2 Å². The van der Waals surface area contributed by atoms with Crippen molar-refractivity contribution in [2.45, 2.75) is 50.1 Å². The highest BCUT2D eigenvalue weighted by Gasteiger charge is 2.38. The van der Waals surface area contributed by atoms with Gasteiger partial charge in [-0.25, -0.2) is 4.39 Å². The number of carbonyl (C=O) groups excluding carboxylic acids is 2. The van der Waals surface area contributed by atoms with Gasteiger partial charge in [0.15, 0.2) is 0 Å². The van der Waals surface area contributed by atoms with Crippen molar-refractivity contribution in [1.82, 2.24) is 10.2 Å². The summed E-state index contributed by atoms with van der Waals surface area (Å²) in [6.07, 6.45) is 4.65. The molecule has 3 aliphatic heterocycles. The number of hydrogen-bond donors (Lipinski definition) is 2. The normalized spacial score (nSPS) is 29.5. The summed E-state index contributed by atoms with van der Waals surface area (Å²) < 4.78 is 13.4. The largest absolute Gasteiger partial charge is 0.351 e. The van der Waals surface area contributed by atoms with Gasteiger partial charge in [-0.1, -0.05) is 12.5 Å². The summed E-state index contributed by atoms with van der Waals surface area (Å²) in [6.45, 7) is 2.15. The lowest BCUT2D eigenvalue weighted by molar-refractivity contribution is -0.127. The summed E-state index contributed by atoms with van der Waals surface area (Å²) in [6, 6.07) is 4.82. The maximum Gasteiger partial charge on any atom is 0.228 e. The highest BCUT2D eigenvalue weighted by Crippen LogP contribution is 2.34. The molecular weight excluding hydrogens is 309 g/mol. The van der Waals surface area contributed by atoms with Crippen LogP contribution in [0, 0.1) is 5.82 Å². The summed E-state index contributed by atoms with van der Waals surface area (Å²) in [4.78, 5) is 27.2. The van der Waals surface area contributed by atoms with E-state index in [0.29, 0.717) is 17.3 Å². The van der Waals surface area contributed by atoms with Crippen LogP contribution in [0.4, 0.5) is 10.1 Å². The number of fused-ring (bicyclic) bond motifs is 2. The Labute approximate surface area is 140 Å². The van der Waals surface area contributed by atoms with Gasteiger partial charge in [0.25, 0.3) is 0 Å². The van der Waals surface area contributed by atoms with Crippen LogP contribution in [0.5, 0.6) is 0 Å². The van der Waals surface area contributed by atoms with Crippen LogP contribution >= 0.6 is 0 Å². The quantitative estimate of drug-likeness (QED) is 0.871. The molecule has 0 radical (unpaired) electrons. The van der Waals surface area contributed by atoms with E-state index in [1.54, 1.807) is 6.07 Å². The molecule has 24 heavy (non-hydrogen) atoms. The third kappa shape index (κ3) is 2.79. The number of benzene rings is 1. The summed E-state index contributed by atoms with van der Waals surface area (Å²) in [5.74, 6) is -1.30. The number of carbonyl (C=O) groups is 2. The molecular formula is C18H22FN3O2. The van der Waals surface area contributed by atoms with Crippen LogP contribution in [0.3, 0.4) is 0 Å². The Balaban J connectivity index is 1.52. The van der Waals surface area contributed by atoms with E-state index < -0.39 is 11.7 Å². The van der Waals surface area contributed by atoms with Gasteiger partial charge in [-0.15, -0.1) is 0 Å². The third-order valence-electron chi connectivity index (χ3n) is 5.55. The first-order valence-corrected chi connectivity index (χ1v) is 8.75. The van der Waals surface area contributed by atoms with E-state index in [4.69, 9.17) is 0 Å². The minimum atomic E-state index is -0.535. The highest BCUT2D eigenvalue weighted by atomic mass is 19.1. The number of hydrogen-bond acceptors (Lipinski definition) is 3. The van der Waals surface area contributed by atoms with Crippen molar-refractivity contribution >= 4 is 17.5 Å². The molecule has 3 heterocycles. The number of halogens is 1. The number of piperidine rings is 1. The van der Waals surface area contributed by atoms with Gasteiger partial charge in [-0.2, -0.15) is 0 Å². The van der Waals surface area contributed by atoms with Crippen molar-refractivity contribution < 1.29 is 14.0 Å². The fraction of sp³-hybridized carbons (Fsp3) is 0.556. The third-order valence-corrected chi connectivity index (χ3v) is 5.55. The Bertz CT molecular complexity index is 678. The molecule has 0 saturated carbocycles. The molecule has 2 amide bonds. The van der Waals surface area contributed by atoms with Crippen LogP contribution in [-0.4, -0.2) is 41.9 Å². The van der Waals surface area contributed by atoms with Crippen molar-refractivity contribution in [3.8, 4) is 0 Å². The number of amides is 2. The van der Waals surface area contributed by atoms with Gasteiger partial charge in [-0.05, 0) is 43.5 Å². The molecule has 1 aromatic rings. The summed E-state index contributed by atoms with van der Waals surface area (Å²) in [5, 5.41) is 5.83. The standard InChI is InChI=1S/C18H22FN3O2/c19-11-4-5-12-13(10-17(23)20-15(12)9-11)18(24)21-14-6-8-22-7-2-1-3-16(14)22/h4-5,9,13-14,16H,1-3,6-8,10H2,(H,20,23)(H,21,24)/t13-,14-,16-/m0/s1. The monoisotopic (exact) mass is 331 g/mol. The fourth-order valence-electron chi connectivity index (χ4n) is 4.37. The second-order valence-corrected chi connectivity index (χ2v) is 7.04. The molecule has 0 aromatic heterocycles. The fourth-order valence-corrected chi connectivity index (χ4v) is 4.37. The summed E-state index contributed by atoms with van der Waals surface area (Å²) >= 11 is 0. The summed E-state index contributed by atoms with van der Waals surface area (Å²) in [5.41, 5.74) is 1.11. The lowest BCUT2D eigenvalue weighted by Crippen LogP contribution is -2.48. The molecule has 2 N–H and O–H groups in total. The number of nitrogens with one attached hydrogen (secondary N) is 2. The van der Waals surface area contributed by atoms with Crippen molar-refractivity contribution in [2.24, 2.45) is 0 Å². The van der Waals surface area contributed by atoms with Crippen molar-refractivity contribution in [3.05, 3.63) is 29.6 Å². The number of anilines is 1. The number of rotatable bonds is 2. The van der Waals surface area contributed by atoms with Gasteiger partial charge in [-0.3, -0.25) is 14.5 Å². The van der Waals surface area contributed by atoms with E-state index in [0.717, 1.165) is 25.9 Å². The van der Waals surface area contributed by atoms with E-state index in [1.807, 2.05) is 0 Å². The van der Waals surface area contributed by atoms with Crippen molar-refractivity contribution in [1.29, 1.82) is 0 Å². The molecule has 1 aromatic carbocycles. The minimum Gasteiger partial charge on any atom is -0.351 e. The Morgan fingerprint density at radius 3 is 3.00 bits per heavy atom. The average Bonchev–Trinajstić information content (AvgIpc) is 2.97. The molecule has 2 fully saturated rings. The zero-order valence-electron chi connectivity index (χ0n) is 13.6. The van der Waals surface area contributed by atoms with Crippen molar-refractivity contribution in [2.75, 3.05) is 18.4 Å². The highest BCUT2D eigenvalue weighted by molar-refractivity contribution is 6.01. The van der Waals surface area contributed by atoms with Crippen LogP contribution in [0.2, 0.25) is 0 Å². The molecule has 0 aliphatic carbocycles. The molecule has 128 valence electrons. The maximum atomic E-state index is 13.4. The van der Waals surface area contributed by atoms with Gasteiger partial charge in [0, 0.05) is 30.7 Å². The van der Waals surface area contributed by atoms with Gasteiger partial charge in [0.05, 0.1) is 5.92 Å². The van der Waals surface area contributed by atoms with Crippen LogP contribution < -0.4 is 10.6 Å². The van der Waals surface area contributed by atoms with Gasteiger partial charge in [0.1, 0.15) is 5.82 Å². The second-order valence-electron chi connectivity index (χ2n) is 7.04. The molecule has 0 bridgehead atoms. The van der Waals surface area contributed by atoms with Crippen molar-refractivity contribution in [3.63, 3.8) is 0 Å². The lowest BCUT2D eigenvalue weighted by Gasteiger charge is -2.33. The molecule has 5 nitrogen and oxygen atoms in total. The Hall–Kier alpha value is -1.95. The Morgan fingerprint density at radius 2 is 2.12 bits per heavy atom. The van der Waals surface area contributed by atoms with Crippen LogP contribution in [0.25, 0.3) is 0 Å². The van der Waals surface area contributed by atoms with Gasteiger partial charge < -0.3 is 10.6 Å². The average molecular weight is 331 g/mol. The van der Waals surface area contributed by atoms with Gasteiger partial charge in [0.2, 0.25) is 11.8 Å². The van der Waals surface area contributed by atoms with Gasteiger partial charge >= 0.3 is 0 Å². The zero-order chi connectivity index (χ0) is 16.7. The lowest BCUT2D eigenvalue weighted by atomic mass is 9.89. The SMILES string of the molecule is O=C1C[C@H](C(=O)N[C@H]2CCN3CCCC[C@@H]23)c2ccc(F)cc2N1. The minimum absolute atomic E-state index is 0.116. The maximum absolute atomic E-state index is 13.4. The molecule has 0 spiro atoms. The van der Waals surface area contributed by atoms with E-state index in [1.165, 1.54) is 25.0 Å². The first kappa shape index (κ1) is 15.6. The second kappa shape index (κ2) is 6.16. The molecule has 3 aliphatic rings. The van der Waals surface area contributed by atoms with E-state index in [9.17, 15) is 14.0 Å². The van der Waals surface area contributed by atoms with E-state index in [-0.39, 0.29) is 24.3 Å². The molecule has 6 heteroatoms. The van der Waals surface area contributed by atoms with Crippen LogP contribution in [-0.2, 0) is 9.59 Å². The molecule has 0 unspecified atom stereocenters. The first-order chi connectivity index (χ1) is 11.6. The smallest absolute Gasteiger partial charge is 0.228 e. The predicted octanol–water partition coefficient (Wildman–Crippen LogP) is 1.99. The Kier molecular flexibility index (Phi) is 4.00. The first-order valence-electron chi connectivity index (χ1n) is 8.75. The topological polar surface area (TPSA) is 61.4 Å². The van der Waals surface area contributed by atoms with Crippen LogP contribution in [0.1, 0.15) is 43.6 Å². The predicted molar refractivity (Wildman–Crippen MR) is 88.1 cm³/mol. The molecule has 3 atom stereocenters.